The number of nitrogens with one attached hydrogen (secondary N) is 2. The monoisotopic (exact) mass is 377 g/mol. The van der Waals surface area contributed by atoms with Crippen LogP contribution in [0.25, 0.3) is 0 Å². The molecule has 2 aromatic rings. The minimum Gasteiger partial charge on any atom is -0.508 e. The lowest BCUT2D eigenvalue weighted by atomic mass is 10.1. The molecular formula is C20H31N3O2S. The highest BCUT2D eigenvalue weighted by molar-refractivity contribution is 7.07. The molecule has 1 heterocycles. The van der Waals surface area contributed by atoms with Crippen LogP contribution in [0.2, 0.25) is 0 Å². The summed E-state index contributed by atoms with van der Waals surface area (Å²) >= 11 is 1.67. The SMILES string of the molecule is CC.CN(C)C(CNC(=O)NCCc1ccsc1)Cc1ccc(O)cc1. The van der Waals surface area contributed by atoms with Gasteiger partial charge in [-0.15, -0.1) is 0 Å². The average molecular weight is 378 g/mol. The van der Waals surface area contributed by atoms with E-state index in [9.17, 15) is 9.90 Å². The molecule has 5 nitrogen and oxygen atoms in total. The number of likely N-dealkylation sites (N-methyl/N-ethyl adjacent to an activating group) is 1. The second-order valence-corrected chi connectivity index (χ2v) is 6.79. The highest BCUT2D eigenvalue weighted by Crippen LogP contribution is 2.12. The van der Waals surface area contributed by atoms with E-state index < -0.39 is 0 Å². The number of phenolic OH excluding ortho intramolecular Hbond substituents is 1. The third-order valence-corrected chi connectivity index (χ3v) is 4.65. The molecule has 2 rings (SSSR count). The van der Waals surface area contributed by atoms with Crippen molar-refractivity contribution in [2.45, 2.75) is 32.7 Å². The maximum atomic E-state index is 11.9. The Labute approximate surface area is 161 Å². The van der Waals surface area contributed by atoms with Gasteiger partial charge in [0.1, 0.15) is 5.75 Å². The van der Waals surface area contributed by atoms with Crippen LogP contribution in [0.5, 0.6) is 5.75 Å². The first-order chi connectivity index (χ1) is 12.5. The molecule has 0 aliphatic rings. The first-order valence-corrected chi connectivity index (χ1v) is 9.96. The fourth-order valence-corrected chi connectivity index (χ4v) is 3.07. The van der Waals surface area contributed by atoms with E-state index in [0.717, 1.165) is 18.4 Å². The topological polar surface area (TPSA) is 64.6 Å². The molecule has 1 aromatic carbocycles. The normalized spacial score (nSPS) is 11.4. The van der Waals surface area contributed by atoms with Crippen LogP contribution < -0.4 is 10.6 Å². The fourth-order valence-electron chi connectivity index (χ4n) is 2.37. The summed E-state index contributed by atoms with van der Waals surface area (Å²) in [5.41, 5.74) is 2.38. The van der Waals surface area contributed by atoms with Gasteiger partial charge in [-0.25, -0.2) is 4.79 Å². The Bertz CT molecular complexity index is 612. The number of nitrogens with zero attached hydrogens (tertiary/aromatic N) is 1. The Morgan fingerprint density at radius 3 is 2.38 bits per heavy atom. The molecule has 0 spiro atoms. The Morgan fingerprint density at radius 2 is 1.81 bits per heavy atom. The molecule has 0 aliphatic carbocycles. The summed E-state index contributed by atoms with van der Waals surface area (Å²) in [4.78, 5) is 14.0. The van der Waals surface area contributed by atoms with Crippen LogP contribution in [0.15, 0.2) is 41.1 Å². The number of aromatic hydroxyl groups is 1. The molecule has 2 amide bonds. The summed E-state index contributed by atoms with van der Waals surface area (Å²) in [6.07, 6.45) is 1.66. The molecule has 0 radical (unpaired) electrons. The molecule has 1 atom stereocenters. The van der Waals surface area contributed by atoms with E-state index >= 15 is 0 Å². The predicted molar refractivity (Wildman–Crippen MR) is 110 cm³/mol. The zero-order valence-corrected chi connectivity index (χ0v) is 17.0. The lowest BCUT2D eigenvalue weighted by Gasteiger charge is -2.25. The lowest BCUT2D eigenvalue weighted by molar-refractivity contribution is 0.232. The van der Waals surface area contributed by atoms with Crippen LogP contribution in [-0.2, 0) is 12.8 Å². The number of hydrogen-bond donors (Lipinski definition) is 3. The number of hydrogen-bond acceptors (Lipinski definition) is 4. The Morgan fingerprint density at radius 1 is 1.12 bits per heavy atom. The van der Waals surface area contributed by atoms with Gasteiger partial charge in [0.15, 0.2) is 0 Å². The zero-order valence-electron chi connectivity index (χ0n) is 16.2. The second kappa shape index (κ2) is 12.3. The van der Waals surface area contributed by atoms with Crippen molar-refractivity contribution in [1.82, 2.24) is 15.5 Å². The Hall–Kier alpha value is -2.05. The third-order valence-electron chi connectivity index (χ3n) is 3.92. The van der Waals surface area contributed by atoms with Gasteiger partial charge in [-0.1, -0.05) is 26.0 Å². The number of amides is 2. The molecule has 144 valence electrons. The number of benzene rings is 1. The maximum absolute atomic E-state index is 11.9. The van der Waals surface area contributed by atoms with Crippen molar-refractivity contribution < 1.29 is 9.90 Å². The summed E-state index contributed by atoms with van der Waals surface area (Å²) in [5.74, 6) is 0.267. The standard InChI is InChI=1S/C18H25N3O2S.C2H6/c1-21(2)16(11-14-3-5-17(22)6-4-14)12-20-18(23)19-9-7-15-8-10-24-13-15;1-2/h3-6,8,10,13,16,22H,7,9,11-12H2,1-2H3,(H2,19,20,23);1-2H3. The van der Waals surface area contributed by atoms with E-state index in [4.69, 9.17) is 0 Å². The highest BCUT2D eigenvalue weighted by Gasteiger charge is 2.13. The first kappa shape index (κ1) is 22.0. The van der Waals surface area contributed by atoms with Gasteiger partial charge < -0.3 is 20.6 Å². The van der Waals surface area contributed by atoms with E-state index in [2.05, 4.69) is 27.0 Å². The van der Waals surface area contributed by atoms with Gasteiger partial charge in [0.2, 0.25) is 0 Å². The molecule has 3 N–H and O–H groups in total. The van der Waals surface area contributed by atoms with Gasteiger partial charge in [0, 0.05) is 19.1 Å². The second-order valence-electron chi connectivity index (χ2n) is 6.01. The zero-order chi connectivity index (χ0) is 19.4. The van der Waals surface area contributed by atoms with Crippen molar-refractivity contribution in [3.8, 4) is 5.75 Å². The van der Waals surface area contributed by atoms with Crippen LogP contribution in [-0.4, -0.2) is 49.3 Å². The smallest absolute Gasteiger partial charge is 0.314 e. The maximum Gasteiger partial charge on any atom is 0.314 e. The van der Waals surface area contributed by atoms with Crippen molar-refractivity contribution in [3.05, 3.63) is 52.2 Å². The summed E-state index contributed by atoms with van der Waals surface area (Å²) in [5, 5.41) is 19.3. The number of carbonyl (C=O) groups is 1. The van der Waals surface area contributed by atoms with Crippen LogP contribution in [0, 0.1) is 0 Å². The van der Waals surface area contributed by atoms with Crippen molar-refractivity contribution in [2.24, 2.45) is 0 Å². The van der Waals surface area contributed by atoms with Gasteiger partial charge in [-0.3, -0.25) is 0 Å². The number of thiophene rings is 1. The summed E-state index contributed by atoms with van der Waals surface area (Å²) in [6, 6.07) is 9.32. The van der Waals surface area contributed by atoms with Gasteiger partial charge in [-0.2, -0.15) is 11.3 Å². The molecule has 1 unspecified atom stereocenters. The number of carbonyl (C=O) groups excluding carboxylic acids is 1. The lowest BCUT2D eigenvalue weighted by Crippen LogP contribution is -2.45. The van der Waals surface area contributed by atoms with Crippen molar-refractivity contribution in [2.75, 3.05) is 27.2 Å². The molecule has 0 saturated carbocycles. The largest absolute Gasteiger partial charge is 0.508 e. The van der Waals surface area contributed by atoms with E-state index in [1.807, 2.05) is 45.5 Å². The molecule has 26 heavy (non-hydrogen) atoms. The fraction of sp³-hybridized carbons (Fsp3) is 0.450. The highest BCUT2D eigenvalue weighted by atomic mass is 32.1. The third kappa shape index (κ3) is 8.36. The van der Waals surface area contributed by atoms with Crippen LogP contribution >= 0.6 is 11.3 Å². The quantitative estimate of drug-likeness (QED) is 0.660. The molecule has 0 aliphatic heterocycles. The minimum absolute atomic E-state index is 0.136. The van der Waals surface area contributed by atoms with Gasteiger partial charge in [0.05, 0.1) is 0 Å². The van der Waals surface area contributed by atoms with Crippen molar-refractivity contribution >= 4 is 17.4 Å². The Balaban J connectivity index is 0.00000163. The Kier molecular flexibility index (Phi) is 10.4. The van der Waals surface area contributed by atoms with E-state index in [0.29, 0.717) is 13.1 Å². The summed E-state index contributed by atoms with van der Waals surface area (Å²) in [7, 11) is 4.00. The molecule has 0 fully saturated rings. The molecule has 1 aromatic heterocycles. The van der Waals surface area contributed by atoms with Gasteiger partial charge in [-0.05, 0) is 67.0 Å². The number of phenols is 1. The molecular weight excluding hydrogens is 346 g/mol. The van der Waals surface area contributed by atoms with Crippen LogP contribution in [0.4, 0.5) is 4.79 Å². The van der Waals surface area contributed by atoms with Crippen molar-refractivity contribution in [1.29, 1.82) is 0 Å². The van der Waals surface area contributed by atoms with Gasteiger partial charge >= 0.3 is 6.03 Å². The molecule has 6 heteroatoms. The van der Waals surface area contributed by atoms with Crippen LogP contribution in [0.1, 0.15) is 25.0 Å². The minimum atomic E-state index is -0.136. The average Bonchev–Trinajstić information content (AvgIpc) is 3.15. The number of rotatable bonds is 8. The van der Waals surface area contributed by atoms with Gasteiger partial charge in [0.25, 0.3) is 0 Å². The first-order valence-electron chi connectivity index (χ1n) is 9.01. The number of urea groups is 1. The summed E-state index contributed by atoms with van der Waals surface area (Å²) in [6.45, 7) is 5.20. The summed E-state index contributed by atoms with van der Waals surface area (Å²) < 4.78 is 0. The predicted octanol–water partition coefficient (Wildman–Crippen LogP) is 3.49. The molecule has 0 bridgehead atoms. The van der Waals surface area contributed by atoms with E-state index in [1.165, 1.54) is 5.56 Å². The van der Waals surface area contributed by atoms with Crippen molar-refractivity contribution in [3.63, 3.8) is 0 Å². The molecule has 0 saturated heterocycles. The van der Waals surface area contributed by atoms with E-state index in [-0.39, 0.29) is 17.8 Å². The van der Waals surface area contributed by atoms with Crippen LogP contribution in [0.3, 0.4) is 0 Å². The van der Waals surface area contributed by atoms with E-state index in [1.54, 1.807) is 23.5 Å².